The highest BCUT2D eigenvalue weighted by Crippen LogP contribution is 2.43. The first kappa shape index (κ1) is 59.6. The van der Waals surface area contributed by atoms with E-state index in [-0.39, 0.29) is 0 Å². The second kappa shape index (κ2) is 34.9. The molecule has 0 amide bonds. The van der Waals surface area contributed by atoms with E-state index in [0.717, 1.165) is 153 Å². The van der Waals surface area contributed by atoms with Crippen molar-refractivity contribution in [3.63, 3.8) is 0 Å². The van der Waals surface area contributed by atoms with Crippen LogP contribution in [0.2, 0.25) is 0 Å². The molecule has 0 bridgehead atoms. The van der Waals surface area contributed by atoms with E-state index in [1.165, 1.54) is 89.9 Å². The summed E-state index contributed by atoms with van der Waals surface area (Å²) in [7, 11) is 0. The molecule has 0 aliphatic heterocycles. The molecule has 0 unspecified atom stereocenters. The molecule has 412 valence electrons. The zero-order valence-corrected chi connectivity index (χ0v) is 48.1. The van der Waals surface area contributed by atoms with E-state index in [4.69, 9.17) is 28.4 Å². The summed E-state index contributed by atoms with van der Waals surface area (Å²) in [6.45, 7) is 17.5. The lowest BCUT2D eigenvalue weighted by Gasteiger charge is -2.19. The number of unbranched alkanes of at least 4 members (excludes halogenated alkanes) is 18. The summed E-state index contributed by atoms with van der Waals surface area (Å²) in [5, 5.41) is 6.42. The van der Waals surface area contributed by atoms with Gasteiger partial charge in [-0.15, -0.1) is 0 Å². The summed E-state index contributed by atoms with van der Waals surface area (Å²) >= 11 is 0. The van der Waals surface area contributed by atoms with Crippen LogP contribution in [0.5, 0.6) is 34.5 Å². The van der Waals surface area contributed by atoms with Crippen LogP contribution in [0.25, 0.3) is 56.6 Å². The summed E-state index contributed by atoms with van der Waals surface area (Å²) in [4.78, 5) is 0. The fourth-order valence-corrected chi connectivity index (χ4v) is 10.0. The number of benzene rings is 6. The minimum atomic E-state index is 0.638. The molecule has 0 heterocycles. The van der Waals surface area contributed by atoms with Gasteiger partial charge in [0.15, 0.2) is 0 Å². The third-order valence-electron chi connectivity index (χ3n) is 14.5. The van der Waals surface area contributed by atoms with Crippen LogP contribution in [0.1, 0.15) is 218 Å². The lowest BCUT2D eigenvalue weighted by atomic mass is 9.98. The molecule has 0 aromatic heterocycles. The van der Waals surface area contributed by atoms with Gasteiger partial charge in [-0.05, 0) is 62.8 Å². The molecular weight excluding hydrogens is 937 g/mol. The molecule has 0 saturated carbocycles. The van der Waals surface area contributed by atoms with Gasteiger partial charge in [0, 0.05) is 54.6 Å². The van der Waals surface area contributed by atoms with Crippen LogP contribution < -0.4 is 28.4 Å². The van der Waals surface area contributed by atoms with E-state index >= 15 is 0 Å². The van der Waals surface area contributed by atoms with E-state index in [2.05, 4.69) is 151 Å². The Balaban J connectivity index is 1.45. The van der Waals surface area contributed by atoms with Crippen LogP contribution >= 0.6 is 0 Å². The Morgan fingerprint density at radius 2 is 0.500 bits per heavy atom. The van der Waals surface area contributed by atoms with Crippen molar-refractivity contribution in [1.29, 1.82) is 0 Å². The molecule has 0 aliphatic carbocycles. The van der Waals surface area contributed by atoms with E-state index in [1.54, 1.807) is 0 Å². The van der Waals surface area contributed by atoms with Crippen molar-refractivity contribution in [1.82, 2.24) is 0 Å². The Bertz CT molecular complexity index is 2480. The van der Waals surface area contributed by atoms with Gasteiger partial charge in [-0.3, -0.25) is 0 Å². The van der Waals surface area contributed by atoms with Gasteiger partial charge in [-0.1, -0.05) is 242 Å². The average Bonchev–Trinajstić information content (AvgIpc) is 3.46. The fourth-order valence-electron chi connectivity index (χ4n) is 10.0. The van der Waals surface area contributed by atoms with Crippen molar-refractivity contribution >= 4 is 56.6 Å². The van der Waals surface area contributed by atoms with Crippen LogP contribution in [0.15, 0.2) is 84.9 Å². The molecule has 6 aromatic rings. The molecule has 0 aliphatic rings. The number of rotatable bonds is 40. The van der Waals surface area contributed by atoms with Crippen molar-refractivity contribution in [2.24, 2.45) is 0 Å². The summed E-state index contributed by atoms with van der Waals surface area (Å²) in [5.41, 5.74) is 4.05. The number of ether oxygens (including phenoxy) is 6. The predicted molar refractivity (Wildman–Crippen MR) is 328 cm³/mol. The van der Waals surface area contributed by atoms with Gasteiger partial charge in [-0.2, -0.15) is 0 Å². The molecule has 6 nitrogen and oxygen atoms in total. The van der Waals surface area contributed by atoms with E-state index < -0.39 is 0 Å². The molecule has 0 spiro atoms. The van der Waals surface area contributed by atoms with Crippen LogP contribution in [0.3, 0.4) is 0 Å². The average molecular weight is 1030 g/mol. The van der Waals surface area contributed by atoms with E-state index in [1.807, 2.05) is 0 Å². The van der Waals surface area contributed by atoms with Gasteiger partial charge < -0.3 is 28.4 Å². The third kappa shape index (κ3) is 18.3. The van der Waals surface area contributed by atoms with Gasteiger partial charge >= 0.3 is 0 Å². The molecule has 0 fully saturated rings. The van der Waals surface area contributed by atoms with Gasteiger partial charge in [0.2, 0.25) is 0 Å². The number of hydrogen-bond acceptors (Lipinski definition) is 6. The quantitative estimate of drug-likeness (QED) is 0.0282. The standard InChI is InChI=1S/C70H96O6/c1-7-13-19-29-47-71-65-53-57(69(75-51-33-23-17-11-5)61-37-27-25-35-59(61)65)41-39-55-43-45-64-63(67(55)73-49-31-21-15-9-3)46-44-56(68(64)74-50-32-22-16-10-4)40-42-58-54-66(72-48-30-20-14-8-2)60-36-26-28-38-62(60)70(58)76-52-34-24-18-12-6/h25-28,35-46,53-54H,7-24,29-34,47-52H2,1-6H3/b41-39+,42-40+. The topological polar surface area (TPSA) is 55.4 Å². The Kier molecular flexibility index (Phi) is 27.4. The Morgan fingerprint density at radius 1 is 0.250 bits per heavy atom. The fraction of sp³-hybridized carbons (Fsp3) is 0.514. The van der Waals surface area contributed by atoms with Gasteiger partial charge in [0.1, 0.15) is 34.5 Å². The van der Waals surface area contributed by atoms with Crippen molar-refractivity contribution in [3.05, 3.63) is 107 Å². The Morgan fingerprint density at radius 3 is 0.803 bits per heavy atom. The van der Waals surface area contributed by atoms with Gasteiger partial charge in [0.25, 0.3) is 0 Å². The van der Waals surface area contributed by atoms with Crippen LogP contribution in [0.4, 0.5) is 0 Å². The van der Waals surface area contributed by atoms with Crippen LogP contribution in [-0.4, -0.2) is 39.6 Å². The second-order valence-corrected chi connectivity index (χ2v) is 20.9. The highest BCUT2D eigenvalue weighted by molar-refractivity contribution is 6.02. The van der Waals surface area contributed by atoms with Gasteiger partial charge in [-0.25, -0.2) is 0 Å². The zero-order chi connectivity index (χ0) is 53.4. The Labute approximate surface area is 459 Å². The minimum absolute atomic E-state index is 0.638. The van der Waals surface area contributed by atoms with Crippen molar-refractivity contribution < 1.29 is 28.4 Å². The van der Waals surface area contributed by atoms with E-state index in [9.17, 15) is 0 Å². The minimum Gasteiger partial charge on any atom is -0.493 e. The maximum Gasteiger partial charge on any atom is 0.134 e. The molecule has 6 rings (SSSR count). The van der Waals surface area contributed by atoms with Crippen molar-refractivity contribution in [2.45, 2.75) is 196 Å². The zero-order valence-electron chi connectivity index (χ0n) is 48.1. The van der Waals surface area contributed by atoms with Crippen LogP contribution in [0, 0.1) is 0 Å². The molecule has 0 radical (unpaired) electrons. The molecule has 6 heteroatoms. The van der Waals surface area contributed by atoms with Crippen LogP contribution in [-0.2, 0) is 0 Å². The maximum absolute atomic E-state index is 6.95. The molecule has 0 saturated heterocycles. The lowest BCUT2D eigenvalue weighted by Crippen LogP contribution is -2.03. The van der Waals surface area contributed by atoms with E-state index in [0.29, 0.717) is 39.6 Å². The summed E-state index contributed by atoms with van der Waals surface area (Å²) < 4.78 is 40.7. The molecule has 6 aromatic carbocycles. The summed E-state index contributed by atoms with van der Waals surface area (Å²) in [6.07, 6.45) is 36.3. The maximum atomic E-state index is 6.95. The van der Waals surface area contributed by atoms with Crippen molar-refractivity contribution in [3.8, 4) is 34.5 Å². The predicted octanol–water partition coefficient (Wildman–Crippen LogP) is 21.2. The summed E-state index contributed by atoms with van der Waals surface area (Å²) in [5.74, 6) is 5.36. The number of fused-ring (bicyclic) bond motifs is 3. The normalized spacial score (nSPS) is 11.7. The Hall–Kier alpha value is -5.62. The monoisotopic (exact) mass is 1030 g/mol. The first-order chi connectivity index (χ1) is 37.6. The highest BCUT2D eigenvalue weighted by Gasteiger charge is 2.19. The number of hydrogen-bond donors (Lipinski definition) is 0. The first-order valence-electron chi connectivity index (χ1n) is 30.4. The molecular formula is C70H96O6. The van der Waals surface area contributed by atoms with Crippen molar-refractivity contribution in [2.75, 3.05) is 39.6 Å². The largest absolute Gasteiger partial charge is 0.493 e. The summed E-state index contributed by atoms with van der Waals surface area (Å²) in [6, 6.07) is 30.4. The molecule has 76 heavy (non-hydrogen) atoms. The first-order valence-corrected chi connectivity index (χ1v) is 30.4. The molecule has 0 N–H and O–H groups in total. The third-order valence-corrected chi connectivity index (χ3v) is 14.5. The smallest absolute Gasteiger partial charge is 0.134 e. The molecule has 0 atom stereocenters. The lowest BCUT2D eigenvalue weighted by molar-refractivity contribution is 0.301. The SMILES string of the molecule is CCCCCCOc1cc(/C=C/c2ccc3c(OCCCCCC)c(/C=C/c4cc(OCCCCCC)c5ccccc5c4OCCCCCC)ccc3c2OCCCCCC)c(OCCCCCC)c2ccccc12. The second-order valence-electron chi connectivity index (χ2n) is 20.9. The van der Waals surface area contributed by atoms with Gasteiger partial charge in [0.05, 0.1) is 39.6 Å². The highest BCUT2D eigenvalue weighted by atomic mass is 16.5.